The summed E-state index contributed by atoms with van der Waals surface area (Å²) in [5.41, 5.74) is 6.82. The van der Waals surface area contributed by atoms with Gasteiger partial charge in [0.05, 0.1) is 10.2 Å². The zero-order chi connectivity index (χ0) is 13.3. The lowest BCUT2D eigenvalue weighted by Gasteiger charge is -2.11. The Morgan fingerprint density at radius 2 is 1.94 bits per heavy atom. The highest BCUT2D eigenvalue weighted by atomic mass is 79.9. The first kappa shape index (κ1) is 13.2. The lowest BCUT2D eigenvalue weighted by molar-refractivity contribution is 0.479. The Morgan fingerprint density at radius 1 is 1.22 bits per heavy atom. The normalized spacial score (nSPS) is 10.4. The molecule has 0 bridgehead atoms. The summed E-state index contributed by atoms with van der Waals surface area (Å²) >= 11 is 8.95. The fourth-order valence-corrected chi connectivity index (χ4v) is 2.03. The standard InChI is InChI=1S/C13H10BrClFNO/c1-7-4-8(15)2-3-12(7)18-13-5-9(14)10(16)6-11(13)17/h2-6H,17H2,1H3. The van der Waals surface area contributed by atoms with Gasteiger partial charge in [0.2, 0.25) is 0 Å². The van der Waals surface area contributed by atoms with Crippen LogP contribution >= 0.6 is 27.5 Å². The van der Waals surface area contributed by atoms with Crippen molar-refractivity contribution in [3.8, 4) is 11.5 Å². The van der Waals surface area contributed by atoms with Crippen LogP contribution in [0.4, 0.5) is 10.1 Å². The van der Waals surface area contributed by atoms with Gasteiger partial charge in [-0.3, -0.25) is 0 Å². The van der Waals surface area contributed by atoms with Crippen LogP contribution in [0.5, 0.6) is 11.5 Å². The van der Waals surface area contributed by atoms with Gasteiger partial charge >= 0.3 is 0 Å². The summed E-state index contributed by atoms with van der Waals surface area (Å²) in [6, 6.07) is 7.96. The molecule has 0 saturated heterocycles. The van der Waals surface area contributed by atoms with Crippen molar-refractivity contribution < 1.29 is 9.13 Å². The van der Waals surface area contributed by atoms with Gasteiger partial charge in [0.15, 0.2) is 5.75 Å². The topological polar surface area (TPSA) is 35.2 Å². The number of halogens is 3. The molecule has 0 aliphatic carbocycles. The molecular formula is C13H10BrClFNO. The molecule has 0 fully saturated rings. The lowest BCUT2D eigenvalue weighted by atomic mass is 10.2. The smallest absolute Gasteiger partial charge is 0.151 e. The number of ether oxygens (including phenoxy) is 1. The first-order valence-electron chi connectivity index (χ1n) is 5.16. The van der Waals surface area contributed by atoms with Gasteiger partial charge in [-0.15, -0.1) is 0 Å². The molecule has 0 aliphatic rings. The molecule has 0 heterocycles. The van der Waals surface area contributed by atoms with E-state index in [1.54, 1.807) is 18.2 Å². The lowest BCUT2D eigenvalue weighted by Crippen LogP contribution is -1.95. The Kier molecular flexibility index (Phi) is 3.78. The Hall–Kier alpha value is -1.26. The van der Waals surface area contributed by atoms with Crippen molar-refractivity contribution >= 4 is 33.2 Å². The predicted octanol–water partition coefficient (Wildman–Crippen LogP) is 4.92. The second kappa shape index (κ2) is 5.16. The fraction of sp³-hybridized carbons (Fsp3) is 0.0769. The van der Waals surface area contributed by atoms with Gasteiger partial charge in [-0.1, -0.05) is 11.6 Å². The third-order valence-corrected chi connectivity index (χ3v) is 3.25. The highest BCUT2D eigenvalue weighted by molar-refractivity contribution is 9.10. The number of nitrogens with two attached hydrogens (primary N) is 1. The van der Waals surface area contributed by atoms with Crippen molar-refractivity contribution in [3.05, 3.63) is 51.2 Å². The molecule has 0 saturated carbocycles. The van der Waals surface area contributed by atoms with E-state index in [2.05, 4.69) is 15.9 Å². The largest absolute Gasteiger partial charge is 0.455 e. The number of benzene rings is 2. The second-order valence-corrected chi connectivity index (χ2v) is 5.11. The molecular weight excluding hydrogens is 321 g/mol. The van der Waals surface area contributed by atoms with E-state index in [1.807, 2.05) is 6.92 Å². The summed E-state index contributed by atoms with van der Waals surface area (Å²) in [4.78, 5) is 0. The highest BCUT2D eigenvalue weighted by Gasteiger charge is 2.09. The van der Waals surface area contributed by atoms with Gasteiger partial charge in [-0.05, 0) is 46.6 Å². The molecule has 2 rings (SSSR count). The molecule has 0 aromatic heterocycles. The van der Waals surface area contributed by atoms with Crippen molar-refractivity contribution in [1.82, 2.24) is 0 Å². The number of rotatable bonds is 2. The van der Waals surface area contributed by atoms with E-state index in [0.717, 1.165) is 5.56 Å². The van der Waals surface area contributed by atoms with Crippen LogP contribution in [0.3, 0.4) is 0 Å². The molecule has 0 spiro atoms. The number of aryl methyl sites for hydroxylation is 1. The maximum Gasteiger partial charge on any atom is 0.151 e. The summed E-state index contributed by atoms with van der Waals surface area (Å²) in [6.07, 6.45) is 0. The quantitative estimate of drug-likeness (QED) is 0.793. The molecule has 0 atom stereocenters. The maximum absolute atomic E-state index is 13.2. The average molecular weight is 331 g/mol. The van der Waals surface area contributed by atoms with Crippen molar-refractivity contribution in [2.45, 2.75) is 6.92 Å². The van der Waals surface area contributed by atoms with E-state index in [4.69, 9.17) is 22.1 Å². The summed E-state index contributed by atoms with van der Waals surface area (Å²) in [7, 11) is 0. The zero-order valence-corrected chi connectivity index (χ0v) is 11.8. The molecule has 2 aromatic carbocycles. The molecule has 2 nitrogen and oxygen atoms in total. The molecule has 5 heteroatoms. The second-order valence-electron chi connectivity index (χ2n) is 3.82. The number of anilines is 1. The van der Waals surface area contributed by atoms with Crippen molar-refractivity contribution in [1.29, 1.82) is 0 Å². The van der Waals surface area contributed by atoms with E-state index in [-0.39, 0.29) is 5.69 Å². The van der Waals surface area contributed by atoms with E-state index in [0.29, 0.717) is 21.0 Å². The van der Waals surface area contributed by atoms with Gasteiger partial charge in [-0.2, -0.15) is 0 Å². The first-order chi connectivity index (χ1) is 8.47. The predicted molar refractivity (Wildman–Crippen MR) is 74.8 cm³/mol. The van der Waals surface area contributed by atoms with Gasteiger partial charge in [0.25, 0.3) is 0 Å². The Labute approximate surface area is 118 Å². The minimum absolute atomic E-state index is 0.241. The van der Waals surface area contributed by atoms with Crippen LogP contribution in [0.2, 0.25) is 5.02 Å². The van der Waals surface area contributed by atoms with Crippen molar-refractivity contribution in [3.63, 3.8) is 0 Å². The number of hydrogen-bond donors (Lipinski definition) is 1. The van der Waals surface area contributed by atoms with Crippen LogP contribution in [-0.4, -0.2) is 0 Å². The van der Waals surface area contributed by atoms with Crippen LogP contribution in [0.1, 0.15) is 5.56 Å². The minimum Gasteiger partial charge on any atom is -0.455 e. The summed E-state index contributed by atoms with van der Waals surface area (Å²) in [6.45, 7) is 1.87. The Balaban J connectivity index is 2.37. The Morgan fingerprint density at radius 3 is 2.61 bits per heavy atom. The van der Waals surface area contributed by atoms with Gasteiger partial charge in [0.1, 0.15) is 11.6 Å². The fourth-order valence-electron chi connectivity index (χ4n) is 1.48. The van der Waals surface area contributed by atoms with E-state index >= 15 is 0 Å². The zero-order valence-electron chi connectivity index (χ0n) is 9.51. The average Bonchev–Trinajstić information content (AvgIpc) is 2.29. The molecule has 0 aliphatic heterocycles. The van der Waals surface area contributed by atoms with Crippen LogP contribution in [0.25, 0.3) is 0 Å². The third kappa shape index (κ3) is 2.76. The monoisotopic (exact) mass is 329 g/mol. The van der Waals surface area contributed by atoms with Crippen molar-refractivity contribution in [2.75, 3.05) is 5.73 Å². The van der Waals surface area contributed by atoms with Crippen LogP contribution in [0.15, 0.2) is 34.8 Å². The minimum atomic E-state index is -0.423. The van der Waals surface area contributed by atoms with Crippen molar-refractivity contribution in [2.24, 2.45) is 0 Å². The summed E-state index contributed by atoms with van der Waals surface area (Å²) in [5.74, 6) is 0.603. The molecule has 2 aromatic rings. The van der Waals surface area contributed by atoms with E-state index in [9.17, 15) is 4.39 Å². The molecule has 18 heavy (non-hydrogen) atoms. The van der Waals surface area contributed by atoms with E-state index < -0.39 is 5.82 Å². The Bertz CT molecular complexity index is 604. The van der Waals surface area contributed by atoms with Gasteiger partial charge < -0.3 is 10.5 Å². The summed E-state index contributed by atoms with van der Waals surface area (Å²) < 4.78 is 19.2. The molecule has 0 radical (unpaired) electrons. The summed E-state index contributed by atoms with van der Waals surface area (Å²) in [5, 5.41) is 0.633. The third-order valence-electron chi connectivity index (χ3n) is 2.41. The highest BCUT2D eigenvalue weighted by Crippen LogP contribution is 2.34. The first-order valence-corrected chi connectivity index (χ1v) is 6.33. The van der Waals surface area contributed by atoms with E-state index in [1.165, 1.54) is 12.1 Å². The number of hydrogen-bond acceptors (Lipinski definition) is 2. The SMILES string of the molecule is Cc1cc(Cl)ccc1Oc1cc(Br)c(F)cc1N. The van der Waals surface area contributed by atoms with Gasteiger partial charge in [0, 0.05) is 17.2 Å². The van der Waals surface area contributed by atoms with Gasteiger partial charge in [-0.25, -0.2) is 4.39 Å². The van der Waals surface area contributed by atoms with Crippen LogP contribution in [0, 0.1) is 12.7 Å². The molecule has 0 unspecified atom stereocenters. The van der Waals surface area contributed by atoms with Crippen LogP contribution in [-0.2, 0) is 0 Å². The molecule has 0 amide bonds. The number of nitrogen functional groups attached to an aromatic ring is 1. The molecule has 2 N–H and O–H groups in total. The molecule has 94 valence electrons. The maximum atomic E-state index is 13.2. The van der Waals surface area contributed by atoms with Crippen LogP contribution < -0.4 is 10.5 Å².